The second-order valence-corrected chi connectivity index (χ2v) is 4.78. The summed E-state index contributed by atoms with van der Waals surface area (Å²) in [5.74, 6) is 1.04. The average Bonchev–Trinajstić information content (AvgIpc) is 2.32. The fraction of sp³-hybridized carbons (Fsp3) is 0.571. The van der Waals surface area contributed by atoms with E-state index in [9.17, 15) is 0 Å². The molecule has 1 aromatic heterocycles. The minimum atomic E-state index is 0.935. The second-order valence-electron chi connectivity index (χ2n) is 2.18. The molecule has 0 fully saturated rings. The Bertz CT molecular complexity index is 234. The van der Waals surface area contributed by atoms with Crippen LogP contribution >= 0.6 is 39.0 Å². The lowest BCUT2D eigenvalue weighted by Gasteiger charge is -1.86. The topological polar surface area (TPSA) is 12.9 Å². The summed E-state index contributed by atoms with van der Waals surface area (Å²) in [6.45, 7) is 2.07. The first-order valence-corrected chi connectivity index (χ1v) is 6.61. The quantitative estimate of drug-likeness (QED) is 0.766. The summed E-state index contributed by atoms with van der Waals surface area (Å²) in [7, 11) is 0. The van der Waals surface area contributed by atoms with Crippen molar-refractivity contribution < 1.29 is 0 Å². The molecule has 1 rings (SSSR count). The van der Waals surface area contributed by atoms with Crippen LogP contribution in [0.2, 0.25) is 0 Å². The van der Waals surface area contributed by atoms with Crippen molar-refractivity contribution in [3.8, 4) is 0 Å². The molecule has 0 aliphatic carbocycles. The van der Waals surface area contributed by atoms with Crippen molar-refractivity contribution in [3.05, 3.63) is 15.6 Å². The van der Waals surface area contributed by atoms with Gasteiger partial charge in [0.25, 0.3) is 0 Å². The number of thioether (sulfide) groups is 1. The molecule has 0 saturated heterocycles. The predicted molar refractivity (Wildman–Crippen MR) is 56.7 cm³/mol. The smallest absolute Gasteiger partial charge is 0.103 e. The van der Waals surface area contributed by atoms with Crippen LogP contribution in [-0.4, -0.2) is 11.2 Å². The van der Waals surface area contributed by atoms with Gasteiger partial charge in [-0.3, -0.25) is 0 Å². The van der Waals surface area contributed by atoms with Crippen LogP contribution in [0.3, 0.4) is 0 Å². The third-order valence-electron chi connectivity index (χ3n) is 1.33. The first kappa shape index (κ1) is 9.55. The van der Waals surface area contributed by atoms with E-state index in [1.54, 1.807) is 11.3 Å². The zero-order valence-electron chi connectivity index (χ0n) is 6.56. The van der Waals surface area contributed by atoms with Gasteiger partial charge in [0, 0.05) is 16.0 Å². The van der Waals surface area contributed by atoms with Crippen molar-refractivity contribution in [2.75, 3.05) is 6.26 Å². The fourth-order valence-corrected chi connectivity index (χ4v) is 3.16. The number of alkyl halides is 1. The van der Waals surface area contributed by atoms with E-state index < -0.39 is 0 Å². The highest BCUT2D eigenvalue weighted by atomic mass is 79.9. The molecule has 1 aromatic rings. The summed E-state index contributed by atoms with van der Waals surface area (Å²) in [5, 5.41) is 2.18. The lowest BCUT2D eigenvalue weighted by molar-refractivity contribution is 1.16. The number of rotatable bonds is 3. The number of aryl methyl sites for hydroxylation is 1. The maximum Gasteiger partial charge on any atom is 0.103 e. The van der Waals surface area contributed by atoms with E-state index in [1.165, 1.54) is 15.6 Å². The Kier molecular flexibility index (Phi) is 3.89. The summed E-state index contributed by atoms with van der Waals surface area (Å²) < 4.78 is 0. The molecule has 0 aromatic carbocycles. The van der Waals surface area contributed by atoms with Gasteiger partial charge < -0.3 is 0 Å². The van der Waals surface area contributed by atoms with E-state index in [4.69, 9.17) is 0 Å². The third kappa shape index (κ3) is 2.46. The number of hydrogen-bond acceptors (Lipinski definition) is 3. The molecule has 0 aliphatic heterocycles. The summed E-state index contributed by atoms with van der Waals surface area (Å²) in [4.78, 5) is 5.79. The average molecular weight is 252 g/mol. The van der Waals surface area contributed by atoms with Crippen LogP contribution in [-0.2, 0) is 11.1 Å². The Balaban J connectivity index is 2.77. The van der Waals surface area contributed by atoms with Gasteiger partial charge >= 0.3 is 0 Å². The minimum Gasteiger partial charge on any atom is -0.245 e. The van der Waals surface area contributed by atoms with Crippen LogP contribution in [0.15, 0.2) is 0 Å². The molecule has 0 amide bonds. The highest BCUT2D eigenvalue weighted by Gasteiger charge is 2.04. The van der Waals surface area contributed by atoms with Gasteiger partial charge in [0.1, 0.15) is 5.01 Å². The molecular weight excluding hydrogens is 242 g/mol. The van der Waals surface area contributed by atoms with Gasteiger partial charge in [-0.15, -0.1) is 11.3 Å². The standard InChI is InChI=1S/C7H10BrNS2/c1-5-6(3-8)11-7(9-5)4-10-2/h3-4H2,1-2H3. The van der Waals surface area contributed by atoms with Gasteiger partial charge in [0.2, 0.25) is 0 Å². The number of hydrogen-bond donors (Lipinski definition) is 0. The van der Waals surface area contributed by atoms with Gasteiger partial charge in [-0.05, 0) is 13.2 Å². The Morgan fingerprint density at radius 3 is 2.82 bits per heavy atom. The van der Waals surface area contributed by atoms with Crippen LogP contribution in [0, 0.1) is 6.92 Å². The molecule has 0 N–H and O–H groups in total. The van der Waals surface area contributed by atoms with Gasteiger partial charge in [-0.2, -0.15) is 11.8 Å². The SMILES string of the molecule is CSCc1nc(C)c(CBr)s1. The molecule has 0 radical (unpaired) electrons. The van der Waals surface area contributed by atoms with Crippen molar-refractivity contribution in [2.45, 2.75) is 18.0 Å². The summed E-state index contributed by atoms with van der Waals surface area (Å²) in [6, 6.07) is 0. The van der Waals surface area contributed by atoms with Crippen LogP contribution in [0.25, 0.3) is 0 Å². The molecule has 11 heavy (non-hydrogen) atoms. The molecule has 0 spiro atoms. The summed E-state index contributed by atoms with van der Waals surface area (Å²) >= 11 is 7.06. The van der Waals surface area contributed by atoms with Crippen molar-refractivity contribution in [1.82, 2.24) is 4.98 Å². The van der Waals surface area contributed by atoms with Crippen molar-refractivity contribution in [3.63, 3.8) is 0 Å². The molecule has 1 nitrogen and oxygen atoms in total. The third-order valence-corrected chi connectivity index (χ3v) is 4.16. The number of nitrogens with zero attached hydrogens (tertiary/aromatic N) is 1. The maximum atomic E-state index is 4.44. The van der Waals surface area contributed by atoms with Crippen molar-refractivity contribution >= 4 is 39.0 Å². The molecular formula is C7H10BrNS2. The van der Waals surface area contributed by atoms with Crippen molar-refractivity contribution in [2.24, 2.45) is 0 Å². The Morgan fingerprint density at radius 2 is 2.36 bits per heavy atom. The minimum absolute atomic E-state index is 0.935. The maximum absolute atomic E-state index is 4.44. The largest absolute Gasteiger partial charge is 0.245 e. The Hall–Kier alpha value is 0.460. The molecule has 0 saturated carbocycles. The molecule has 0 bridgehead atoms. The molecule has 62 valence electrons. The second kappa shape index (κ2) is 4.48. The van der Waals surface area contributed by atoms with Crippen LogP contribution in [0.1, 0.15) is 15.6 Å². The van der Waals surface area contributed by atoms with Crippen LogP contribution < -0.4 is 0 Å². The molecule has 4 heteroatoms. The van der Waals surface area contributed by atoms with Gasteiger partial charge in [0.05, 0.1) is 5.69 Å². The van der Waals surface area contributed by atoms with E-state index >= 15 is 0 Å². The first-order valence-electron chi connectivity index (χ1n) is 3.28. The van der Waals surface area contributed by atoms with E-state index in [2.05, 4.69) is 34.1 Å². The van der Waals surface area contributed by atoms with Gasteiger partial charge in [-0.1, -0.05) is 15.9 Å². The Labute approximate surface area is 83.7 Å². The van der Waals surface area contributed by atoms with E-state index in [-0.39, 0.29) is 0 Å². The highest BCUT2D eigenvalue weighted by molar-refractivity contribution is 9.08. The van der Waals surface area contributed by atoms with E-state index in [0.29, 0.717) is 0 Å². The Morgan fingerprint density at radius 1 is 1.64 bits per heavy atom. The summed E-state index contributed by atoms with van der Waals surface area (Å²) in [6.07, 6.45) is 2.10. The number of aromatic nitrogens is 1. The van der Waals surface area contributed by atoms with Crippen molar-refractivity contribution in [1.29, 1.82) is 0 Å². The molecule has 0 unspecified atom stereocenters. The lowest BCUT2D eigenvalue weighted by Crippen LogP contribution is -1.78. The van der Waals surface area contributed by atoms with E-state index in [1.807, 2.05) is 11.8 Å². The number of thiazole rings is 1. The predicted octanol–water partition coefficient (Wildman–Crippen LogP) is 3.21. The molecule has 0 aliphatic rings. The summed E-state index contributed by atoms with van der Waals surface area (Å²) in [5.41, 5.74) is 1.18. The lowest BCUT2D eigenvalue weighted by atomic mass is 10.4. The zero-order valence-corrected chi connectivity index (χ0v) is 9.77. The monoisotopic (exact) mass is 251 g/mol. The van der Waals surface area contributed by atoms with Gasteiger partial charge in [0.15, 0.2) is 0 Å². The van der Waals surface area contributed by atoms with Gasteiger partial charge in [-0.25, -0.2) is 4.98 Å². The van der Waals surface area contributed by atoms with Crippen LogP contribution in [0.5, 0.6) is 0 Å². The normalized spacial score (nSPS) is 10.5. The fourth-order valence-electron chi connectivity index (χ4n) is 0.797. The number of halogens is 1. The van der Waals surface area contributed by atoms with E-state index in [0.717, 1.165) is 11.1 Å². The first-order chi connectivity index (χ1) is 5.27. The highest BCUT2D eigenvalue weighted by Crippen LogP contribution is 2.22. The molecule has 0 atom stereocenters. The van der Waals surface area contributed by atoms with Crippen LogP contribution in [0.4, 0.5) is 0 Å². The molecule has 1 heterocycles. The zero-order chi connectivity index (χ0) is 8.27.